The van der Waals surface area contributed by atoms with Gasteiger partial charge in [-0.25, -0.2) is 9.97 Å². The maximum absolute atomic E-state index is 12.3. The van der Waals surface area contributed by atoms with Gasteiger partial charge in [0.05, 0.1) is 12.1 Å². The van der Waals surface area contributed by atoms with E-state index < -0.39 is 0 Å². The van der Waals surface area contributed by atoms with Crippen molar-refractivity contribution in [3.8, 4) is 0 Å². The first-order chi connectivity index (χ1) is 11.5. The maximum atomic E-state index is 12.3. The van der Waals surface area contributed by atoms with Crippen LogP contribution >= 0.6 is 0 Å². The van der Waals surface area contributed by atoms with Crippen molar-refractivity contribution in [1.29, 1.82) is 0 Å². The molecule has 1 aliphatic heterocycles. The van der Waals surface area contributed by atoms with E-state index in [1.807, 2.05) is 17.9 Å². The van der Waals surface area contributed by atoms with E-state index in [0.717, 1.165) is 30.4 Å². The Morgan fingerprint density at radius 2 is 2.00 bits per heavy atom. The number of nitrogens with zero attached hydrogens (tertiary/aromatic N) is 5. The number of amides is 1. The molecule has 0 saturated carbocycles. The predicted octanol–water partition coefficient (Wildman–Crippen LogP) is 1.79. The normalized spacial score (nSPS) is 15.2. The van der Waals surface area contributed by atoms with Crippen LogP contribution in [0.1, 0.15) is 37.0 Å². The van der Waals surface area contributed by atoms with E-state index in [4.69, 9.17) is 4.52 Å². The number of hydrogen-bond acceptors (Lipinski definition) is 6. The van der Waals surface area contributed by atoms with Crippen LogP contribution in [0, 0.1) is 6.92 Å². The van der Waals surface area contributed by atoms with Crippen molar-refractivity contribution in [1.82, 2.24) is 20.0 Å². The molecule has 1 aliphatic rings. The highest BCUT2D eigenvalue weighted by atomic mass is 16.5. The standard InChI is InChI=1S/C17H23N5O2/c1-12(2)17-18-13(3)10-15(19-17)21-5-7-22(8-6-21)16(23)11-14-4-9-24-20-14/h4,9-10,12H,5-8,11H2,1-3H3. The number of piperazine rings is 1. The van der Waals surface area contributed by atoms with Crippen LogP contribution in [0.3, 0.4) is 0 Å². The Kier molecular flexibility index (Phi) is 4.78. The van der Waals surface area contributed by atoms with E-state index in [9.17, 15) is 4.79 Å². The lowest BCUT2D eigenvalue weighted by atomic mass is 10.2. The second kappa shape index (κ2) is 6.98. The molecular weight excluding hydrogens is 306 g/mol. The number of rotatable bonds is 4. The van der Waals surface area contributed by atoms with Crippen molar-refractivity contribution in [3.63, 3.8) is 0 Å². The van der Waals surface area contributed by atoms with Crippen LogP contribution in [0.15, 0.2) is 22.9 Å². The zero-order valence-corrected chi connectivity index (χ0v) is 14.4. The molecule has 0 aromatic carbocycles. The molecule has 2 aromatic heterocycles. The van der Waals surface area contributed by atoms with E-state index in [-0.39, 0.29) is 5.91 Å². The number of carbonyl (C=O) groups is 1. The van der Waals surface area contributed by atoms with Crippen LogP contribution in [-0.4, -0.2) is 52.1 Å². The number of aromatic nitrogens is 3. The van der Waals surface area contributed by atoms with Crippen LogP contribution in [0.4, 0.5) is 5.82 Å². The Morgan fingerprint density at radius 1 is 1.25 bits per heavy atom. The summed E-state index contributed by atoms with van der Waals surface area (Å²) in [5, 5.41) is 3.80. The van der Waals surface area contributed by atoms with Crippen LogP contribution in [0.25, 0.3) is 0 Å². The summed E-state index contributed by atoms with van der Waals surface area (Å²) in [5.74, 6) is 2.21. The first-order valence-electron chi connectivity index (χ1n) is 8.30. The van der Waals surface area contributed by atoms with E-state index >= 15 is 0 Å². The van der Waals surface area contributed by atoms with Gasteiger partial charge in [-0.05, 0) is 6.92 Å². The molecule has 7 heteroatoms. The van der Waals surface area contributed by atoms with Gasteiger partial charge < -0.3 is 14.3 Å². The number of carbonyl (C=O) groups excluding carboxylic acids is 1. The summed E-state index contributed by atoms with van der Waals surface area (Å²) in [6.07, 6.45) is 1.78. The Morgan fingerprint density at radius 3 is 2.62 bits per heavy atom. The summed E-state index contributed by atoms with van der Waals surface area (Å²) in [4.78, 5) is 25.6. The quantitative estimate of drug-likeness (QED) is 0.851. The van der Waals surface area contributed by atoms with Crippen molar-refractivity contribution in [2.45, 2.75) is 33.1 Å². The van der Waals surface area contributed by atoms with Crippen LogP contribution in [-0.2, 0) is 11.2 Å². The summed E-state index contributed by atoms with van der Waals surface area (Å²) in [7, 11) is 0. The van der Waals surface area contributed by atoms with Gasteiger partial charge in [0.1, 0.15) is 17.9 Å². The largest absolute Gasteiger partial charge is 0.364 e. The lowest BCUT2D eigenvalue weighted by molar-refractivity contribution is -0.130. The van der Waals surface area contributed by atoms with Crippen molar-refractivity contribution >= 4 is 11.7 Å². The van der Waals surface area contributed by atoms with Gasteiger partial charge in [0, 0.05) is 49.9 Å². The van der Waals surface area contributed by atoms with Gasteiger partial charge in [-0.3, -0.25) is 4.79 Å². The van der Waals surface area contributed by atoms with Gasteiger partial charge in [0.2, 0.25) is 5.91 Å². The Hall–Kier alpha value is -2.44. The molecule has 0 radical (unpaired) electrons. The van der Waals surface area contributed by atoms with E-state index in [0.29, 0.717) is 31.1 Å². The average molecular weight is 329 g/mol. The molecule has 128 valence electrons. The molecule has 0 atom stereocenters. The lowest BCUT2D eigenvalue weighted by Crippen LogP contribution is -2.49. The molecular formula is C17H23N5O2. The van der Waals surface area contributed by atoms with Crippen LogP contribution in [0.5, 0.6) is 0 Å². The molecule has 0 aliphatic carbocycles. The monoisotopic (exact) mass is 329 g/mol. The zero-order valence-electron chi connectivity index (χ0n) is 14.4. The first kappa shape index (κ1) is 16.4. The highest BCUT2D eigenvalue weighted by molar-refractivity contribution is 5.78. The topological polar surface area (TPSA) is 75.4 Å². The molecule has 3 heterocycles. The van der Waals surface area contributed by atoms with Crippen molar-refractivity contribution in [3.05, 3.63) is 35.6 Å². The number of hydrogen-bond donors (Lipinski definition) is 0. The fraction of sp³-hybridized carbons (Fsp3) is 0.529. The predicted molar refractivity (Wildman–Crippen MR) is 89.9 cm³/mol. The van der Waals surface area contributed by atoms with Gasteiger partial charge in [-0.15, -0.1) is 0 Å². The summed E-state index contributed by atoms with van der Waals surface area (Å²) < 4.78 is 4.78. The molecule has 0 unspecified atom stereocenters. The number of anilines is 1. The fourth-order valence-electron chi connectivity index (χ4n) is 2.78. The van der Waals surface area contributed by atoms with Crippen molar-refractivity contribution in [2.75, 3.05) is 31.1 Å². The average Bonchev–Trinajstić information content (AvgIpc) is 3.07. The second-order valence-electron chi connectivity index (χ2n) is 6.42. The van der Waals surface area contributed by atoms with Gasteiger partial charge in [-0.2, -0.15) is 0 Å². The van der Waals surface area contributed by atoms with Gasteiger partial charge in [0.25, 0.3) is 0 Å². The van der Waals surface area contributed by atoms with Crippen LogP contribution in [0.2, 0.25) is 0 Å². The molecule has 1 fully saturated rings. The summed E-state index contributed by atoms with van der Waals surface area (Å²) in [5.41, 5.74) is 1.66. The van der Waals surface area contributed by atoms with E-state index in [2.05, 4.69) is 33.9 Å². The van der Waals surface area contributed by atoms with Gasteiger partial charge >= 0.3 is 0 Å². The first-order valence-corrected chi connectivity index (χ1v) is 8.30. The Balaban J connectivity index is 1.61. The summed E-state index contributed by atoms with van der Waals surface area (Å²) in [6.45, 7) is 9.12. The SMILES string of the molecule is Cc1cc(N2CCN(C(=O)Cc3ccon3)CC2)nc(C(C)C)n1. The molecule has 1 amide bonds. The Bertz CT molecular complexity index is 691. The zero-order chi connectivity index (χ0) is 17.1. The second-order valence-corrected chi connectivity index (χ2v) is 6.42. The van der Waals surface area contributed by atoms with Crippen molar-refractivity contribution < 1.29 is 9.32 Å². The molecule has 0 spiro atoms. The molecule has 7 nitrogen and oxygen atoms in total. The third-order valence-corrected chi connectivity index (χ3v) is 4.15. The van der Waals surface area contributed by atoms with Crippen LogP contribution < -0.4 is 4.90 Å². The maximum Gasteiger partial charge on any atom is 0.228 e. The number of aryl methyl sites for hydroxylation is 1. The highest BCUT2D eigenvalue weighted by Gasteiger charge is 2.23. The summed E-state index contributed by atoms with van der Waals surface area (Å²) in [6, 6.07) is 3.74. The molecule has 3 rings (SSSR count). The molecule has 24 heavy (non-hydrogen) atoms. The van der Waals surface area contributed by atoms with Crippen molar-refractivity contribution in [2.24, 2.45) is 0 Å². The Labute approximate surface area is 141 Å². The molecule has 0 bridgehead atoms. The minimum Gasteiger partial charge on any atom is -0.364 e. The van der Waals surface area contributed by atoms with E-state index in [1.165, 1.54) is 6.26 Å². The smallest absolute Gasteiger partial charge is 0.228 e. The van der Waals surface area contributed by atoms with Gasteiger partial charge in [0.15, 0.2) is 0 Å². The third kappa shape index (κ3) is 3.72. The minimum absolute atomic E-state index is 0.0882. The molecule has 0 N–H and O–H groups in total. The lowest BCUT2D eigenvalue weighted by Gasteiger charge is -2.35. The van der Waals surface area contributed by atoms with E-state index in [1.54, 1.807) is 6.07 Å². The minimum atomic E-state index is 0.0882. The summed E-state index contributed by atoms with van der Waals surface area (Å²) >= 11 is 0. The third-order valence-electron chi connectivity index (χ3n) is 4.15. The fourth-order valence-corrected chi connectivity index (χ4v) is 2.78. The molecule has 2 aromatic rings. The molecule has 1 saturated heterocycles. The van der Waals surface area contributed by atoms with Gasteiger partial charge in [-0.1, -0.05) is 19.0 Å². The highest BCUT2D eigenvalue weighted by Crippen LogP contribution is 2.19.